The van der Waals surface area contributed by atoms with Crippen molar-refractivity contribution in [3.63, 3.8) is 0 Å². The lowest BCUT2D eigenvalue weighted by Crippen LogP contribution is -2.45. The van der Waals surface area contributed by atoms with Gasteiger partial charge in [0, 0.05) is 31.7 Å². The topological polar surface area (TPSA) is 77.9 Å². The molecule has 2 fully saturated rings. The van der Waals surface area contributed by atoms with Gasteiger partial charge in [-0.05, 0) is 49.9 Å². The van der Waals surface area contributed by atoms with Crippen LogP contribution in [-0.4, -0.2) is 47.4 Å². The van der Waals surface area contributed by atoms with Crippen molar-refractivity contribution < 1.29 is 19.5 Å². The van der Waals surface area contributed by atoms with Crippen LogP contribution in [0.3, 0.4) is 0 Å². The van der Waals surface area contributed by atoms with Crippen LogP contribution in [0.1, 0.15) is 30.4 Å². The van der Waals surface area contributed by atoms with Crippen LogP contribution in [0.4, 0.5) is 5.69 Å². The SMILES string of the molecule is Cc1cc(C)cc(N2C[C@H](C(=O)N3CCC[C@H](C(=O)O)C3)CC2=O)c1. The second-order valence-electron chi connectivity index (χ2n) is 7.21. The normalized spacial score (nSPS) is 23.8. The number of carbonyl (C=O) groups excluding carboxylic acids is 2. The van der Waals surface area contributed by atoms with E-state index in [1.807, 2.05) is 32.0 Å². The number of carbonyl (C=O) groups is 3. The van der Waals surface area contributed by atoms with E-state index in [1.54, 1.807) is 9.80 Å². The van der Waals surface area contributed by atoms with Crippen molar-refractivity contribution in [3.05, 3.63) is 29.3 Å². The van der Waals surface area contributed by atoms with Gasteiger partial charge in [-0.1, -0.05) is 6.07 Å². The third kappa shape index (κ3) is 3.67. The summed E-state index contributed by atoms with van der Waals surface area (Å²) in [4.78, 5) is 39.7. The van der Waals surface area contributed by atoms with Gasteiger partial charge in [-0.3, -0.25) is 14.4 Å². The number of likely N-dealkylation sites (tertiary alicyclic amines) is 1. The van der Waals surface area contributed by atoms with Crippen LogP contribution >= 0.6 is 0 Å². The van der Waals surface area contributed by atoms with Crippen molar-refractivity contribution in [3.8, 4) is 0 Å². The Balaban J connectivity index is 1.71. The van der Waals surface area contributed by atoms with E-state index >= 15 is 0 Å². The van der Waals surface area contributed by atoms with Crippen LogP contribution in [0.2, 0.25) is 0 Å². The van der Waals surface area contributed by atoms with Gasteiger partial charge in [-0.2, -0.15) is 0 Å². The van der Waals surface area contributed by atoms with Gasteiger partial charge < -0.3 is 14.9 Å². The summed E-state index contributed by atoms with van der Waals surface area (Å²) in [7, 11) is 0. The number of aliphatic carboxylic acids is 1. The molecule has 1 aromatic carbocycles. The Hall–Kier alpha value is -2.37. The molecule has 1 N–H and O–H groups in total. The lowest BCUT2D eigenvalue weighted by Gasteiger charge is -2.32. The summed E-state index contributed by atoms with van der Waals surface area (Å²) in [5.74, 6) is -1.87. The molecule has 0 saturated carbocycles. The first-order valence-corrected chi connectivity index (χ1v) is 8.75. The van der Waals surface area contributed by atoms with Crippen molar-refractivity contribution in [2.24, 2.45) is 11.8 Å². The molecule has 0 spiro atoms. The Bertz CT molecular complexity index is 695. The smallest absolute Gasteiger partial charge is 0.308 e. The number of rotatable bonds is 3. The molecule has 0 aliphatic carbocycles. The van der Waals surface area contributed by atoms with E-state index < -0.39 is 11.9 Å². The predicted octanol–water partition coefficient (Wildman–Crippen LogP) is 1.98. The van der Waals surface area contributed by atoms with Crippen LogP contribution in [0.5, 0.6) is 0 Å². The monoisotopic (exact) mass is 344 g/mol. The van der Waals surface area contributed by atoms with E-state index in [0.29, 0.717) is 25.9 Å². The molecule has 2 heterocycles. The summed E-state index contributed by atoms with van der Waals surface area (Å²) >= 11 is 0. The molecule has 6 heteroatoms. The van der Waals surface area contributed by atoms with Crippen molar-refractivity contribution in [1.82, 2.24) is 4.90 Å². The Morgan fingerprint density at radius 3 is 2.40 bits per heavy atom. The van der Waals surface area contributed by atoms with Gasteiger partial charge in [-0.25, -0.2) is 0 Å². The Morgan fingerprint density at radius 1 is 1.08 bits per heavy atom. The molecular weight excluding hydrogens is 320 g/mol. The fourth-order valence-electron chi connectivity index (χ4n) is 3.87. The quantitative estimate of drug-likeness (QED) is 0.909. The van der Waals surface area contributed by atoms with Crippen LogP contribution in [0.25, 0.3) is 0 Å². The number of anilines is 1. The van der Waals surface area contributed by atoms with Crippen LogP contribution in [0.15, 0.2) is 18.2 Å². The van der Waals surface area contributed by atoms with E-state index in [1.165, 1.54) is 0 Å². The second kappa shape index (κ2) is 6.86. The molecule has 2 saturated heterocycles. The highest BCUT2D eigenvalue weighted by molar-refractivity contribution is 6.00. The molecule has 3 rings (SSSR count). The largest absolute Gasteiger partial charge is 0.481 e. The molecule has 134 valence electrons. The summed E-state index contributed by atoms with van der Waals surface area (Å²) in [6.07, 6.45) is 1.50. The zero-order chi connectivity index (χ0) is 18.1. The molecule has 2 aliphatic heterocycles. The lowest BCUT2D eigenvalue weighted by molar-refractivity contribution is -0.146. The summed E-state index contributed by atoms with van der Waals surface area (Å²) in [5, 5.41) is 9.19. The first-order chi connectivity index (χ1) is 11.8. The van der Waals surface area contributed by atoms with E-state index in [9.17, 15) is 19.5 Å². The zero-order valence-corrected chi connectivity index (χ0v) is 14.7. The molecule has 1 aromatic rings. The third-order valence-corrected chi connectivity index (χ3v) is 5.07. The number of nitrogens with zero attached hydrogens (tertiary/aromatic N) is 2. The van der Waals surface area contributed by atoms with E-state index in [0.717, 1.165) is 16.8 Å². The van der Waals surface area contributed by atoms with E-state index in [2.05, 4.69) is 0 Å². The summed E-state index contributed by atoms with van der Waals surface area (Å²) in [6, 6.07) is 5.96. The van der Waals surface area contributed by atoms with Gasteiger partial charge in [0.25, 0.3) is 0 Å². The second-order valence-corrected chi connectivity index (χ2v) is 7.21. The molecule has 0 aromatic heterocycles. The number of carboxylic acid groups (broad SMARTS) is 1. The van der Waals surface area contributed by atoms with Crippen molar-refractivity contribution in [2.45, 2.75) is 33.1 Å². The molecule has 0 bridgehead atoms. The van der Waals surface area contributed by atoms with Crippen LogP contribution in [-0.2, 0) is 14.4 Å². The average Bonchev–Trinajstić information content (AvgIpc) is 2.95. The zero-order valence-electron chi connectivity index (χ0n) is 14.7. The fraction of sp³-hybridized carbons (Fsp3) is 0.526. The standard InChI is InChI=1S/C19H24N2O4/c1-12-6-13(2)8-16(7-12)21-11-15(9-17(21)22)18(23)20-5-3-4-14(10-20)19(24)25/h6-8,14-15H,3-5,9-11H2,1-2H3,(H,24,25)/t14-,15+/m0/s1. The molecule has 2 aliphatic rings. The van der Waals surface area contributed by atoms with Crippen LogP contribution in [0, 0.1) is 25.7 Å². The molecule has 2 amide bonds. The number of piperidine rings is 1. The van der Waals surface area contributed by atoms with Gasteiger partial charge in [-0.15, -0.1) is 0 Å². The number of aryl methyl sites for hydroxylation is 2. The fourth-order valence-corrected chi connectivity index (χ4v) is 3.87. The van der Waals surface area contributed by atoms with Gasteiger partial charge in [0.2, 0.25) is 11.8 Å². The Morgan fingerprint density at radius 2 is 1.76 bits per heavy atom. The minimum atomic E-state index is -0.850. The molecule has 6 nitrogen and oxygen atoms in total. The van der Waals surface area contributed by atoms with Gasteiger partial charge >= 0.3 is 5.97 Å². The average molecular weight is 344 g/mol. The minimum absolute atomic E-state index is 0.0462. The van der Waals surface area contributed by atoms with E-state index in [4.69, 9.17) is 0 Å². The summed E-state index contributed by atoms with van der Waals surface area (Å²) in [5.41, 5.74) is 3.00. The molecule has 0 radical (unpaired) electrons. The number of hydrogen-bond acceptors (Lipinski definition) is 3. The number of carboxylic acids is 1. The van der Waals surface area contributed by atoms with Gasteiger partial charge in [0.05, 0.1) is 11.8 Å². The highest BCUT2D eigenvalue weighted by Crippen LogP contribution is 2.29. The molecular formula is C19H24N2O4. The number of hydrogen-bond donors (Lipinski definition) is 1. The minimum Gasteiger partial charge on any atom is -0.481 e. The molecule has 2 atom stereocenters. The predicted molar refractivity (Wildman–Crippen MR) is 93.3 cm³/mol. The highest BCUT2D eigenvalue weighted by Gasteiger charge is 2.39. The Kier molecular flexibility index (Phi) is 4.79. The van der Waals surface area contributed by atoms with Crippen molar-refractivity contribution in [2.75, 3.05) is 24.5 Å². The maximum atomic E-state index is 12.8. The Labute approximate surface area is 147 Å². The summed E-state index contributed by atoms with van der Waals surface area (Å²) < 4.78 is 0. The van der Waals surface area contributed by atoms with Crippen molar-refractivity contribution >= 4 is 23.5 Å². The maximum Gasteiger partial charge on any atom is 0.308 e. The highest BCUT2D eigenvalue weighted by atomic mass is 16.4. The van der Waals surface area contributed by atoms with Gasteiger partial charge in [0.1, 0.15) is 0 Å². The number of benzene rings is 1. The number of amides is 2. The van der Waals surface area contributed by atoms with E-state index in [-0.39, 0.29) is 30.7 Å². The molecule has 0 unspecified atom stereocenters. The first-order valence-electron chi connectivity index (χ1n) is 8.75. The first kappa shape index (κ1) is 17.5. The summed E-state index contributed by atoms with van der Waals surface area (Å²) in [6.45, 7) is 5.17. The maximum absolute atomic E-state index is 12.8. The third-order valence-electron chi connectivity index (χ3n) is 5.07. The van der Waals surface area contributed by atoms with Crippen molar-refractivity contribution in [1.29, 1.82) is 0 Å². The van der Waals surface area contributed by atoms with Gasteiger partial charge in [0.15, 0.2) is 0 Å². The van der Waals surface area contributed by atoms with Crippen LogP contribution < -0.4 is 4.90 Å². The lowest BCUT2D eigenvalue weighted by atomic mass is 9.96. The molecule has 25 heavy (non-hydrogen) atoms.